The number of aliphatic hydroxyl groups excluding tert-OH is 1. The molecule has 0 radical (unpaired) electrons. The lowest BCUT2D eigenvalue weighted by Crippen LogP contribution is -2.47. The Morgan fingerprint density at radius 1 is 1.13 bits per heavy atom. The van der Waals surface area contributed by atoms with Crippen LogP contribution in [0.15, 0.2) is 47.4 Å². The van der Waals surface area contributed by atoms with Crippen LogP contribution in [0.1, 0.15) is 56.0 Å². The Morgan fingerprint density at radius 3 is 2.51 bits per heavy atom. The summed E-state index contributed by atoms with van der Waals surface area (Å²) in [4.78, 5) is 15.8. The number of amides is 1. The number of rotatable bonds is 7. The van der Waals surface area contributed by atoms with Gasteiger partial charge in [0.2, 0.25) is 0 Å². The van der Waals surface area contributed by atoms with Crippen LogP contribution in [0.3, 0.4) is 0 Å². The summed E-state index contributed by atoms with van der Waals surface area (Å²) in [5.74, 6) is 0.0146. The Hall–Kier alpha value is -2.66. The molecule has 10 heteroatoms. The van der Waals surface area contributed by atoms with Crippen LogP contribution in [0.4, 0.5) is 5.69 Å². The van der Waals surface area contributed by atoms with Gasteiger partial charge in [0.1, 0.15) is 5.75 Å². The molecule has 0 aromatic heterocycles. The number of nitrogens with one attached hydrogen (secondary N) is 2. The molecule has 1 amide bonds. The van der Waals surface area contributed by atoms with Gasteiger partial charge in [0, 0.05) is 31.3 Å². The van der Waals surface area contributed by atoms with Crippen LogP contribution in [0.5, 0.6) is 5.75 Å². The first-order valence-electron chi connectivity index (χ1n) is 13.6. The summed E-state index contributed by atoms with van der Waals surface area (Å²) >= 11 is 0. The van der Waals surface area contributed by atoms with Crippen molar-refractivity contribution >= 4 is 21.6 Å². The molecule has 0 saturated heterocycles. The summed E-state index contributed by atoms with van der Waals surface area (Å²) in [6.07, 6.45) is 2.31. The highest BCUT2D eigenvalue weighted by atomic mass is 32.2. The Morgan fingerprint density at radius 2 is 1.85 bits per heavy atom. The zero-order chi connectivity index (χ0) is 28.6. The molecule has 0 unspecified atom stereocenters. The molecule has 1 aliphatic heterocycles. The average molecular weight is 562 g/mol. The first kappa shape index (κ1) is 30.9. The van der Waals surface area contributed by atoms with E-state index in [2.05, 4.69) is 10.0 Å². The Labute approximate surface area is 232 Å². The van der Waals surface area contributed by atoms with Crippen molar-refractivity contribution in [2.45, 2.75) is 70.1 Å². The summed E-state index contributed by atoms with van der Waals surface area (Å²) in [6, 6.07) is 10.8. The lowest BCUT2D eigenvalue weighted by Gasteiger charge is -2.34. The SMILES string of the molecule is CNC[C@H]1OCCCC[C@H](C)Oc2ccc(NS(=O)(=O)c3ccc(C)cc3)cc2C(=O)N([C@@H](C)CO)C[C@H]1C. The highest BCUT2D eigenvalue weighted by molar-refractivity contribution is 7.92. The number of nitrogens with zero attached hydrogens (tertiary/aromatic N) is 1. The molecular weight excluding hydrogens is 518 g/mol. The maximum absolute atomic E-state index is 14.1. The quantitative estimate of drug-likeness (QED) is 0.471. The highest BCUT2D eigenvalue weighted by Crippen LogP contribution is 2.29. The van der Waals surface area contributed by atoms with Gasteiger partial charge >= 0.3 is 0 Å². The van der Waals surface area contributed by atoms with Gasteiger partial charge in [0.05, 0.1) is 35.3 Å². The Balaban J connectivity index is 2.02. The summed E-state index contributed by atoms with van der Waals surface area (Å²) in [7, 11) is -2.00. The molecule has 1 heterocycles. The van der Waals surface area contributed by atoms with Crippen molar-refractivity contribution in [3.63, 3.8) is 0 Å². The third-order valence-corrected chi connectivity index (χ3v) is 8.44. The van der Waals surface area contributed by atoms with Gasteiger partial charge in [-0.2, -0.15) is 0 Å². The Kier molecular flexibility index (Phi) is 11.2. The smallest absolute Gasteiger partial charge is 0.261 e. The molecule has 2 aromatic carbocycles. The monoisotopic (exact) mass is 561 g/mol. The van der Waals surface area contributed by atoms with Crippen molar-refractivity contribution in [2.75, 3.05) is 38.1 Å². The fourth-order valence-corrected chi connectivity index (χ4v) is 5.66. The molecule has 4 atom stereocenters. The number of hydrogen-bond acceptors (Lipinski definition) is 7. The summed E-state index contributed by atoms with van der Waals surface area (Å²) in [5, 5.41) is 13.2. The summed E-state index contributed by atoms with van der Waals surface area (Å²) in [6.45, 7) is 9.04. The number of sulfonamides is 1. The van der Waals surface area contributed by atoms with Gasteiger partial charge in [-0.25, -0.2) is 8.42 Å². The minimum atomic E-state index is -3.87. The number of ether oxygens (including phenoxy) is 2. The molecule has 2 aromatic rings. The maximum Gasteiger partial charge on any atom is 0.261 e. The molecule has 0 bridgehead atoms. The number of benzene rings is 2. The van der Waals surface area contributed by atoms with Crippen molar-refractivity contribution in [3.8, 4) is 5.75 Å². The first-order valence-corrected chi connectivity index (χ1v) is 15.1. The van der Waals surface area contributed by atoms with Gasteiger partial charge in [-0.3, -0.25) is 9.52 Å². The topological polar surface area (TPSA) is 117 Å². The zero-order valence-corrected chi connectivity index (χ0v) is 24.5. The van der Waals surface area contributed by atoms with Crippen LogP contribution in [0, 0.1) is 12.8 Å². The van der Waals surface area contributed by atoms with Gasteiger partial charge in [-0.15, -0.1) is 0 Å². The van der Waals surface area contributed by atoms with E-state index in [1.807, 2.05) is 27.8 Å². The Bertz CT molecular complexity index is 1190. The zero-order valence-electron chi connectivity index (χ0n) is 23.6. The van der Waals surface area contributed by atoms with E-state index >= 15 is 0 Å². The second-order valence-electron chi connectivity index (χ2n) is 10.5. The van der Waals surface area contributed by atoms with Crippen LogP contribution < -0.4 is 14.8 Å². The normalized spacial score (nSPS) is 22.4. The molecular formula is C29H43N3O6S. The van der Waals surface area contributed by atoms with Gasteiger partial charge in [-0.05, 0) is 77.4 Å². The van der Waals surface area contributed by atoms with E-state index in [1.54, 1.807) is 48.2 Å². The number of carbonyl (C=O) groups is 1. The van der Waals surface area contributed by atoms with Gasteiger partial charge in [0.25, 0.3) is 15.9 Å². The predicted molar refractivity (Wildman–Crippen MR) is 153 cm³/mol. The lowest BCUT2D eigenvalue weighted by atomic mass is 10.0. The number of carbonyl (C=O) groups excluding carboxylic acids is 1. The van der Waals surface area contributed by atoms with E-state index in [-0.39, 0.29) is 46.8 Å². The summed E-state index contributed by atoms with van der Waals surface area (Å²) < 4.78 is 41.1. The largest absolute Gasteiger partial charge is 0.490 e. The molecule has 0 aliphatic carbocycles. The maximum atomic E-state index is 14.1. The molecule has 39 heavy (non-hydrogen) atoms. The molecule has 0 saturated carbocycles. The van der Waals surface area contributed by atoms with E-state index in [0.717, 1.165) is 24.8 Å². The van der Waals surface area contributed by atoms with Crippen LogP contribution in [0.25, 0.3) is 0 Å². The van der Waals surface area contributed by atoms with E-state index in [4.69, 9.17) is 9.47 Å². The van der Waals surface area contributed by atoms with Crippen molar-refractivity contribution in [2.24, 2.45) is 5.92 Å². The molecule has 3 N–H and O–H groups in total. The highest BCUT2D eigenvalue weighted by Gasteiger charge is 2.30. The number of hydrogen-bond donors (Lipinski definition) is 3. The molecule has 0 fully saturated rings. The summed E-state index contributed by atoms with van der Waals surface area (Å²) in [5.41, 5.74) is 1.44. The average Bonchev–Trinajstić information content (AvgIpc) is 2.90. The van der Waals surface area contributed by atoms with E-state index in [0.29, 0.717) is 25.4 Å². The third kappa shape index (κ3) is 8.41. The molecule has 9 nitrogen and oxygen atoms in total. The minimum Gasteiger partial charge on any atom is -0.490 e. The minimum absolute atomic E-state index is 0.0233. The van der Waals surface area contributed by atoms with Crippen molar-refractivity contribution in [1.82, 2.24) is 10.2 Å². The van der Waals surface area contributed by atoms with E-state index < -0.39 is 16.1 Å². The predicted octanol–water partition coefficient (Wildman–Crippen LogP) is 3.81. The third-order valence-electron chi connectivity index (χ3n) is 7.04. The second-order valence-corrected chi connectivity index (χ2v) is 12.2. The van der Waals surface area contributed by atoms with Crippen LogP contribution >= 0.6 is 0 Å². The molecule has 0 spiro atoms. The van der Waals surface area contributed by atoms with Crippen molar-refractivity contribution in [3.05, 3.63) is 53.6 Å². The second kappa shape index (κ2) is 14.1. The van der Waals surface area contributed by atoms with E-state index in [1.165, 1.54) is 6.07 Å². The molecule has 216 valence electrons. The van der Waals surface area contributed by atoms with Crippen molar-refractivity contribution < 1.29 is 27.8 Å². The van der Waals surface area contributed by atoms with Gasteiger partial charge < -0.3 is 24.8 Å². The van der Waals surface area contributed by atoms with Crippen molar-refractivity contribution in [1.29, 1.82) is 0 Å². The number of aryl methyl sites for hydroxylation is 1. The van der Waals surface area contributed by atoms with Crippen LogP contribution in [0.2, 0.25) is 0 Å². The number of fused-ring (bicyclic) bond motifs is 1. The molecule has 3 rings (SSSR count). The lowest BCUT2D eigenvalue weighted by molar-refractivity contribution is -0.000450. The fraction of sp³-hybridized carbons (Fsp3) is 0.552. The number of anilines is 1. The first-order chi connectivity index (χ1) is 18.6. The van der Waals surface area contributed by atoms with Gasteiger partial charge in [-0.1, -0.05) is 24.6 Å². The van der Waals surface area contributed by atoms with Crippen LogP contribution in [-0.4, -0.2) is 75.9 Å². The van der Waals surface area contributed by atoms with Crippen LogP contribution in [-0.2, 0) is 14.8 Å². The number of likely N-dealkylation sites (N-methyl/N-ethyl adjacent to an activating group) is 1. The molecule has 1 aliphatic rings. The number of aliphatic hydroxyl groups is 1. The van der Waals surface area contributed by atoms with Gasteiger partial charge in [0.15, 0.2) is 0 Å². The standard InChI is InChI=1S/C29H43N3O6S/c1-20-9-12-25(13-10-20)39(35,36)31-24-11-14-27-26(16-24)29(34)32(22(3)19-33)18-21(2)28(17-30-5)37-15-7-6-8-23(4)38-27/h9-14,16,21-23,28,30-31,33H,6-8,15,17-19H2,1-5H3/t21-,22+,23+,28-/m1/s1. The fourth-order valence-electron chi connectivity index (χ4n) is 4.61. The van der Waals surface area contributed by atoms with E-state index in [9.17, 15) is 18.3 Å².